The smallest absolute Gasteiger partial charge is 0.245 e. The lowest BCUT2D eigenvalue weighted by Crippen LogP contribution is -2.60. The van der Waals surface area contributed by atoms with E-state index >= 15 is 0 Å². The highest BCUT2D eigenvalue weighted by molar-refractivity contribution is 5.90. The first kappa shape index (κ1) is 48.6. The molecule has 1 unspecified atom stereocenters. The minimum absolute atomic E-state index is 0.00775. The van der Waals surface area contributed by atoms with Gasteiger partial charge in [-0.2, -0.15) is 0 Å². The summed E-state index contributed by atoms with van der Waals surface area (Å²) in [4.78, 5) is 73.7. The quantitative estimate of drug-likeness (QED) is 0.142. The lowest BCUT2D eigenvalue weighted by molar-refractivity contribution is -0.148. The van der Waals surface area contributed by atoms with Gasteiger partial charge in [0.1, 0.15) is 12.1 Å². The molecule has 1 fully saturated rings. The molecule has 0 bridgehead atoms. The molecule has 1 aliphatic heterocycles. The van der Waals surface area contributed by atoms with Crippen molar-refractivity contribution in [2.24, 2.45) is 29.4 Å². The molecule has 0 aliphatic carbocycles. The molecule has 0 saturated carbocycles. The van der Waals surface area contributed by atoms with Crippen LogP contribution in [0.3, 0.4) is 0 Å². The number of carbonyl (C=O) groups excluding carboxylic acids is 5. The Balaban J connectivity index is 2.28. The summed E-state index contributed by atoms with van der Waals surface area (Å²) in [7, 11) is 8.61. The first-order chi connectivity index (χ1) is 26.4. The molecule has 1 aliphatic rings. The number of likely N-dealkylation sites (N-methyl/N-ethyl adjacent to an activating group) is 2. The summed E-state index contributed by atoms with van der Waals surface area (Å²) < 4.78 is 12.0. The number of unbranched alkanes of at least 4 members (excludes halogenated alkanes) is 1. The molecule has 1 aromatic carbocycles. The van der Waals surface area contributed by atoms with Crippen LogP contribution in [0.15, 0.2) is 30.3 Å². The van der Waals surface area contributed by atoms with Crippen LogP contribution < -0.4 is 16.4 Å². The molecule has 5 amide bonds. The van der Waals surface area contributed by atoms with Gasteiger partial charge < -0.3 is 35.6 Å². The van der Waals surface area contributed by atoms with E-state index in [-0.39, 0.29) is 60.3 Å². The summed E-state index contributed by atoms with van der Waals surface area (Å²) in [5.74, 6) is -2.39. The third-order valence-electron chi connectivity index (χ3n) is 11.8. The molecule has 13 nitrogen and oxygen atoms in total. The average molecular weight is 787 g/mol. The Kier molecular flexibility index (Phi) is 20.5. The van der Waals surface area contributed by atoms with Gasteiger partial charge in [0.15, 0.2) is 0 Å². The monoisotopic (exact) mass is 787 g/mol. The van der Waals surface area contributed by atoms with E-state index in [0.717, 1.165) is 37.7 Å². The average Bonchev–Trinajstić information content (AvgIpc) is 3.65. The first-order valence-electron chi connectivity index (χ1n) is 20.7. The second-order valence-electron chi connectivity index (χ2n) is 16.5. The minimum Gasteiger partial charge on any atom is -0.379 e. The molecule has 318 valence electrons. The van der Waals surface area contributed by atoms with Gasteiger partial charge in [-0.05, 0) is 56.7 Å². The van der Waals surface area contributed by atoms with E-state index in [4.69, 9.17) is 15.2 Å². The van der Waals surface area contributed by atoms with E-state index in [1.165, 1.54) is 7.11 Å². The fourth-order valence-electron chi connectivity index (χ4n) is 8.34. The Labute approximate surface area is 337 Å². The van der Waals surface area contributed by atoms with Crippen molar-refractivity contribution < 1.29 is 33.4 Å². The zero-order valence-electron chi connectivity index (χ0n) is 36.4. The highest BCUT2D eigenvalue weighted by Crippen LogP contribution is 2.30. The summed E-state index contributed by atoms with van der Waals surface area (Å²) in [6.07, 6.45) is 4.04. The number of nitrogens with one attached hydrogen (secondary N) is 2. The Hall–Kier alpha value is -3.55. The third-order valence-corrected chi connectivity index (χ3v) is 11.8. The molecule has 4 N–H and O–H groups in total. The summed E-state index contributed by atoms with van der Waals surface area (Å²) in [5, 5.41) is 5.92. The molecule has 56 heavy (non-hydrogen) atoms. The number of ether oxygens (including phenoxy) is 2. The predicted octanol–water partition coefficient (Wildman–Crippen LogP) is 4.02. The van der Waals surface area contributed by atoms with Crippen LogP contribution in [0.2, 0.25) is 0 Å². The molecule has 0 spiro atoms. The van der Waals surface area contributed by atoms with Crippen LogP contribution in [0.4, 0.5) is 0 Å². The fraction of sp³-hybridized carbons (Fsp3) is 0.744. The van der Waals surface area contributed by atoms with Gasteiger partial charge in [-0.3, -0.25) is 28.9 Å². The van der Waals surface area contributed by atoms with Crippen molar-refractivity contribution in [1.82, 2.24) is 25.3 Å². The number of benzene rings is 1. The Bertz CT molecular complexity index is 1390. The summed E-state index contributed by atoms with van der Waals surface area (Å²) in [6.45, 7) is 14.4. The number of rotatable bonds is 24. The number of hydrogen-bond acceptors (Lipinski definition) is 8. The number of methoxy groups -OCH3 is 2. The van der Waals surface area contributed by atoms with Crippen molar-refractivity contribution in [3.63, 3.8) is 0 Å². The zero-order valence-corrected chi connectivity index (χ0v) is 36.4. The molecule has 1 aromatic rings. The second-order valence-corrected chi connectivity index (χ2v) is 16.5. The fourth-order valence-corrected chi connectivity index (χ4v) is 8.34. The summed E-state index contributed by atoms with van der Waals surface area (Å²) in [6, 6.07) is 6.43. The normalized spacial score (nSPS) is 19.3. The van der Waals surface area contributed by atoms with Crippen molar-refractivity contribution in [2.45, 2.75) is 142 Å². The van der Waals surface area contributed by atoms with Gasteiger partial charge in [-0.1, -0.05) is 98.1 Å². The van der Waals surface area contributed by atoms with Gasteiger partial charge in [0, 0.05) is 34.2 Å². The van der Waals surface area contributed by atoms with Gasteiger partial charge in [-0.25, -0.2) is 0 Å². The first-order valence-corrected chi connectivity index (χ1v) is 20.7. The largest absolute Gasteiger partial charge is 0.379 e. The number of nitrogens with two attached hydrogens (primary N) is 1. The number of amides is 5. The SMILES string of the molecule is CCCCC(C)[C@@H](C(=O)N[C@H](C(=O)N(C)[C@@H]([C@@H](C)CC)[C@@H](CC(=O)N1CCC[C@H]1[C@H](OC)[C@@H](C)C(=O)N[C@@H](Cc1ccccc1)C(N)=O)OC)C(C)C)N(C)C. The van der Waals surface area contributed by atoms with E-state index in [1.807, 2.05) is 77.0 Å². The van der Waals surface area contributed by atoms with Crippen molar-refractivity contribution in [3.8, 4) is 0 Å². The van der Waals surface area contributed by atoms with Crippen LogP contribution in [0, 0.1) is 23.7 Å². The van der Waals surface area contributed by atoms with E-state index in [2.05, 4.69) is 24.5 Å². The molecular weight excluding hydrogens is 713 g/mol. The van der Waals surface area contributed by atoms with Gasteiger partial charge in [0.05, 0.1) is 42.7 Å². The van der Waals surface area contributed by atoms with Crippen LogP contribution in [-0.4, -0.2) is 129 Å². The zero-order chi connectivity index (χ0) is 42.3. The van der Waals surface area contributed by atoms with Gasteiger partial charge in [0.2, 0.25) is 29.5 Å². The maximum absolute atomic E-state index is 14.4. The third kappa shape index (κ3) is 13.3. The molecule has 0 radical (unpaired) electrons. The van der Waals surface area contributed by atoms with Gasteiger partial charge >= 0.3 is 0 Å². The van der Waals surface area contributed by atoms with Crippen LogP contribution >= 0.6 is 0 Å². The summed E-state index contributed by atoms with van der Waals surface area (Å²) >= 11 is 0. The highest BCUT2D eigenvalue weighted by Gasteiger charge is 2.43. The van der Waals surface area contributed by atoms with Crippen LogP contribution in [-0.2, 0) is 39.9 Å². The van der Waals surface area contributed by atoms with Crippen molar-refractivity contribution >= 4 is 29.5 Å². The Morgan fingerprint density at radius 3 is 2.07 bits per heavy atom. The number of primary amides is 1. The van der Waals surface area contributed by atoms with Crippen molar-refractivity contribution in [3.05, 3.63) is 35.9 Å². The van der Waals surface area contributed by atoms with E-state index in [0.29, 0.717) is 13.0 Å². The maximum Gasteiger partial charge on any atom is 0.245 e. The molecule has 2 rings (SSSR count). The number of hydrogen-bond donors (Lipinski definition) is 3. The maximum atomic E-state index is 14.4. The molecule has 13 heteroatoms. The highest BCUT2D eigenvalue weighted by atomic mass is 16.5. The van der Waals surface area contributed by atoms with E-state index in [1.54, 1.807) is 30.9 Å². The van der Waals surface area contributed by atoms with Crippen LogP contribution in [0.5, 0.6) is 0 Å². The number of likely N-dealkylation sites (tertiary alicyclic amines) is 1. The molecule has 10 atom stereocenters. The second kappa shape index (κ2) is 23.6. The standard InChI is InChI=1S/C43H74N6O7/c1-13-15-20-29(6)38(47(8)9)42(53)46-36(27(3)4)43(54)48(10)37(28(5)14-2)34(55-11)26-35(50)49-24-19-23-33(49)39(56-12)30(7)41(52)45-32(40(44)51)25-31-21-17-16-18-22-31/h16-18,21-22,27-30,32-34,36-39H,13-15,19-20,23-26H2,1-12H3,(H2,44,51)(H,45,52)(H,46,53)/t28-,29?,30+,32-,33-,34+,36-,37-,38-,39+/m0/s1. The van der Waals surface area contributed by atoms with Crippen molar-refractivity contribution in [2.75, 3.05) is 41.9 Å². The lowest BCUT2D eigenvalue weighted by Gasteiger charge is -2.41. The van der Waals surface area contributed by atoms with Gasteiger partial charge in [-0.15, -0.1) is 0 Å². The molecular formula is C43H74N6O7. The lowest BCUT2D eigenvalue weighted by atomic mass is 9.89. The molecule has 0 aromatic heterocycles. The van der Waals surface area contributed by atoms with Crippen LogP contribution in [0.1, 0.15) is 99.0 Å². The number of nitrogens with zero attached hydrogens (tertiary/aromatic N) is 3. The predicted molar refractivity (Wildman–Crippen MR) is 220 cm³/mol. The molecule has 1 saturated heterocycles. The van der Waals surface area contributed by atoms with Gasteiger partial charge in [0.25, 0.3) is 0 Å². The van der Waals surface area contributed by atoms with Crippen molar-refractivity contribution in [1.29, 1.82) is 0 Å². The van der Waals surface area contributed by atoms with E-state index in [9.17, 15) is 24.0 Å². The van der Waals surface area contributed by atoms with E-state index < -0.39 is 48.2 Å². The Morgan fingerprint density at radius 1 is 0.911 bits per heavy atom. The summed E-state index contributed by atoms with van der Waals surface area (Å²) in [5.41, 5.74) is 6.55. The minimum atomic E-state index is -0.904. The molecule has 1 heterocycles. The number of carbonyl (C=O) groups is 5. The Morgan fingerprint density at radius 2 is 1.55 bits per heavy atom. The van der Waals surface area contributed by atoms with Crippen LogP contribution in [0.25, 0.3) is 0 Å². The topological polar surface area (TPSA) is 164 Å².